The third-order valence-electron chi connectivity index (χ3n) is 10.2. The number of fused-ring (bicyclic) bond motifs is 1. The van der Waals surface area contributed by atoms with Gasteiger partial charge in [-0.2, -0.15) is 0 Å². The smallest absolute Gasteiger partial charge is 0.341 e. The van der Waals surface area contributed by atoms with Gasteiger partial charge in [0.1, 0.15) is 15.9 Å². The Morgan fingerprint density at radius 1 is 0.803 bits per heavy atom. The van der Waals surface area contributed by atoms with Gasteiger partial charge < -0.3 is 30.2 Å². The Bertz CT molecular complexity index is 2540. The van der Waals surface area contributed by atoms with Crippen molar-refractivity contribution in [2.75, 3.05) is 31.5 Å². The molecule has 61 heavy (non-hydrogen) atoms. The first-order valence-corrected chi connectivity index (χ1v) is 21.5. The van der Waals surface area contributed by atoms with E-state index in [1.54, 1.807) is 79.7 Å². The number of anilines is 2. The zero-order valence-corrected chi connectivity index (χ0v) is 35.6. The molecular weight excluding hydrogens is 807 g/mol. The molecule has 1 aliphatic carbocycles. The number of nitrogens with one attached hydrogen (secondary N) is 3. The Morgan fingerprint density at radius 2 is 1.51 bits per heavy atom. The van der Waals surface area contributed by atoms with E-state index < -0.39 is 23.0 Å². The molecule has 1 heterocycles. The van der Waals surface area contributed by atoms with Crippen LogP contribution in [0.25, 0.3) is 6.08 Å². The van der Waals surface area contributed by atoms with Crippen molar-refractivity contribution in [2.24, 2.45) is 0 Å². The molecule has 1 aliphatic rings. The van der Waals surface area contributed by atoms with Gasteiger partial charge in [-0.05, 0) is 103 Å². The summed E-state index contributed by atoms with van der Waals surface area (Å²) in [6, 6.07) is 40.7. The molecule has 2 atom stereocenters. The Labute approximate surface area is 363 Å². The van der Waals surface area contributed by atoms with E-state index in [1.807, 2.05) is 54.6 Å². The van der Waals surface area contributed by atoms with Gasteiger partial charge in [0, 0.05) is 21.0 Å². The van der Waals surface area contributed by atoms with Crippen LogP contribution in [0.2, 0.25) is 0 Å². The van der Waals surface area contributed by atoms with E-state index in [2.05, 4.69) is 28.1 Å². The predicted octanol–water partition coefficient (Wildman–Crippen LogP) is 10.1. The first-order chi connectivity index (χ1) is 29.7. The Kier molecular flexibility index (Phi) is 14.0. The molecule has 3 amide bonds. The topological polar surface area (TPSA) is 132 Å². The second-order valence-electron chi connectivity index (χ2n) is 14.2. The minimum absolute atomic E-state index is 0.00759. The molecule has 10 nitrogen and oxygen atoms in total. The molecule has 0 spiro atoms. The number of thiophene rings is 1. The van der Waals surface area contributed by atoms with Gasteiger partial charge in [-0.3, -0.25) is 14.4 Å². The molecule has 310 valence electrons. The summed E-state index contributed by atoms with van der Waals surface area (Å²) in [6.45, 7) is 1.99. The van der Waals surface area contributed by atoms with Gasteiger partial charge in [0.25, 0.3) is 11.8 Å². The lowest BCUT2D eigenvalue weighted by Crippen LogP contribution is -2.30. The van der Waals surface area contributed by atoms with Crippen LogP contribution in [0.15, 0.2) is 144 Å². The van der Waals surface area contributed by atoms with E-state index in [-0.39, 0.29) is 18.2 Å². The average Bonchev–Trinajstić information content (AvgIpc) is 3.66. The van der Waals surface area contributed by atoms with Crippen molar-refractivity contribution in [3.05, 3.63) is 177 Å². The maximum absolute atomic E-state index is 14.5. The van der Waals surface area contributed by atoms with Gasteiger partial charge in [-0.1, -0.05) is 91.0 Å². The van der Waals surface area contributed by atoms with Gasteiger partial charge in [-0.25, -0.2) is 4.79 Å². The number of hydrogen-bond acceptors (Lipinski definition) is 9. The quantitative estimate of drug-likeness (QED) is 0.0529. The number of ether oxygens (including phenoxy) is 3. The maximum Gasteiger partial charge on any atom is 0.341 e. The number of esters is 1. The summed E-state index contributed by atoms with van der Waals surface area (Å²) in [6.07, 6.45) is 3.91. The van der Waals surface area contributed by atoms with Gasteiger partial charge >= 0.3 is 5.97 Å². The minimum Gasteiger partial charge on any atom is -0.493 e. The fraction of sp³-hybridized carbons (Fsp3) is 0.184. The first-order valence-electron chi connectivity index (χ1n) is 19.8. The number of carbonyl (C=O) groups is 4. The van der Waals surface area contributed by atoms with E-state index in [4.69, 9.17) is 14.2 Å². The molecule has 6 aromatic rings. The van der Waals surface area contributed by atoms with Crippen molar-refractivity contribution in [1.82, 2.24) is 5.32 Å². The Hall–Kier alpha value is -6.63. The number of methoxy groups -OCH3 is 2. The third kappa shape index (κ3) is 10.4. The zero-order valence-electron chi connectivity index (χ0n) is 33.9. The second-order valence-corrected chi connectivity index (χ2v) is 16.4. The molecular formula is C49H45N3O7S2. The van der Waals surface area contributed by atoms with E-state index in [0.717, 1.165) is 28.8 Å². The molecule has 2 unspecified atom stereocenters. The molecule has 12 heteroatoms. The number of benzene rings is 5. The SMILES string of the molecule is CCOC(=O)c1c(NC(=O)C(Sc2cccc(NC(=O)/C(=C\c3ccc(OC)c(OC)c3)NC(=O)c3ccccc3)c2)c2ccccc2)sc2c1CCC(c1ccccc1)C2. The fourth-order valence-corrected chi connectivity index (χ4v) is 9.62. The van der Waals surface area contributed by atoms with Crippen molar-refractivity contribution < 1.29 is 33.4 Å². The van der Waals surface area contributed by atoms with Crippen molar-refractivity contribution in [2.45, 2.75) is 42.2 Å². The summed E-state index contributed by atoms with van der Waals surface area (Å²) >= 11 is 2.75. The molecule has 0 fully saturated rings. The molecule has 3 N–H and O–H groups in total. The summed E-state index contributed by atoms with van der Waals surface area (Å²) in [5, 5.41) is 8.58. The molecule has 1 aromatic heterocycles. The largest absolute Gasteiger partial charge is 0.493 e. The van der Waals surface area contributed by atoms with Gasteiger partial charge in [0.05, 0.1) is 26.4 Å². The molecule has 0 aliphatic heterocycles. The summed E-state index contributed by atoms with van der Waals surface area (Å²) in [4.78, 5) is 57.0. The van der Waals surface area contributed by atoms with Crippen molar-refractivity contribution in [3.63, 3.8) is 0 Å². The van der Waals surface area contributed by atoms with Crippen molar-refractivity contribution in [3.8, 4) is 11.5 Å². The average molecular weight is 852 g/mol. The highest BCUT2D eigenvalue weighted by molar-refractivity contribution is 8.00. The Morgan fingerprint density at radius 3 is 2.21 bits per heavy atom. The van der Waals surface area contributed by atoms with Crippen LogP contribution in [-0.2, 0) is 27.2 Å². The predicted molar refractivity (Wildman–Crippen MR) is 242 cm³/mol. The molecule has 5 aromatic carbocycles. The number of hydrogen-bond donors (Lipinski definition) is 3. The third-order valence-corrected chi connectivity index (χ3v) is 12.6. The van der Waals surface area contributed by atoms with Crippen molar-refractivity contribution in [1.29, 1.82) is 0 Å². The van der Waals surface area contributed by atoms with E-state index in [1.165, 1.54) is 42.9 Å². The van der Waals surface area contributed by atoms with Crippen LogP contribution in [0.5, 0.6) is 11.5 Å². The zero-order chi connectivity index (χ0) is 42.7. The second kappa shape index (κ2) is 20.1. The number of thioether (sulfide) groups is 1. The fourth-order valence-electron chi connectivity index (χ4n) is 7.21. The van der Waals surface area contributed by atoms with Crippen LogP contribution in [0.1, 0.15) is 72.4 Å². The van der Waals surface area contributed by atoms with Crippen LogP contribution in [-0.4, -0.2) is 44.5 Å². The summed E-state index contributed by atoms with van der Waals surface area (Å²) in [5.74, 6) is -0.498. The maximum atomic E-state index is 14.5. The minimum atomic E-state index is -0.732. The molecule has 0 radical (unpaired) electrons. The van der Waals surface area contributed by atoms with E-state index in [0.29, 0.717) is 56.1 Å². The number of rotatable bonds is 15. The highest BCUT2D eigenvalue weighted by Crippen LogP contribution is 2.44. The number of amides is 3. The normalized spacial score (nSPS) is 13.9. The molecule has 0 saturated carbocycles. The lowest BCUT2D eigenvalue weighted by Gasteiger charge is -2.23. The van der Waals surface area contributed by atoms with Crippen LogP contribution >= 0.6 is 23.1 Å². The van der Waals surface area contributed by atoms with Crippen molar-refractivity contribution >= 4 is 63.6 Å². The summed E-state index contributed by atoms with van der Waals surface area (Å²) in [5.41, 5.74) is 4.79. The summed E-state index contributed by atoms with van der Waals surface area (Å²) < 4.78 is 16.4. The molecule has 0 bridgehead atoms. The Balaban J connectivity index is 1.14. The highest BCUT2D eigenvalue weighted by Gasteiger charge is 2.32. The van der Waals surface area contributed by atoms with Crippen LogP contribution < -0.4 is 25.4 Å². The molecule has 0 saturated heterocycles. The van der Waals surface area contributed by atoms with Gasteiger partial charge in [0.2, 0.25) is 5.91 Å². The molecule has 7 rings (SSSR count). The highest BCUT2D eigenvalue weighted by atomic mass is 32.2. The van der Waals surface area contributed by atoms with E-state index in [9.17, 15) is 19.2 Å². The monoisotopic (exact) mass is 851 g/mol. The standard InChI is InChI=1S/C49H45N3O7S2/c1-4-59-49(56)43-38-25-24-35(32-15-8-5-9-16-32)29-42(38)61-48(43)52-47(55)44(33-17-10-6-11-18-33)60-37-22-14-21-36(30-37)50-46(54)39(51-45(53)34-19-12-7-13-20-34)27-31-23-26-40(57-2)41(28-31)58-3/h5-23,26-28,30,35,44H,4,24-25,29H2,1-3H3,(H,50,54)(H,51,53)(H,52,55)/b39-27+. The van der Waals surface area contributed by atoms with E-state index >= 15 is 0 Å². The first kappa shape index (κ1) is 42.5. The summed E-state index contributed by atoms with van der Waals surface area (Å²) in [7, 11) is 3.05. The lowest BCUT2D eigenvalue weighted by molar-refractivity contribution is -0.116. The van der Waals surface area contributed by atoms with Gasteiger partial charge in [0.15, 0.2) is 11.5 Å². The van der Waals surface area contributed by atoms with Crippen LogP contribution in [0, 0.1) is 0 Å². The van der Waals surface area contributed by atoms with Crippen LogP contribution in [0.3, 0.4) is 0 Å². The van der Waals surface area contributed by atoms with Crippen LogP contribution in [0.4, 0.5) is 10.7 Å². The lowest BCUT2D eigenvalue weighted by atomic mass is 9.83. The van der Waals surface area contributed by atoms with Gasteiger partial charge in [-0.15, -0.1) is 23.1 Å². The number of carbonyl (C=O) groups excluding carboxylic acids is 4.